The molecule has 1 aliphatic heterocycles. The summed E-state index contributed by atoms with van der Waals surface area (Å²) in [6.07, 6.45) is 7.49. The van der Waals surface area contributed by atoms with Crippen molar-refractivity contribution in [1.29, 1.82) is 0 Å². The molecule has 1 aliphatic rings. The lowest BCUT2D eigenvalue weighted by Gasteiger charge is -2.36. The normalized spacial score (nSPS) is 16.4. The zero-order chi connectivity index (χ0) is 16.7. The van der Waals surface area contributed by atoms with Crippen LogP contribution in [-0.4, -0.2) is 40.6 Å². The summed E-state index contributed by atoms with van der Waals surface area (Å²) in [6, 6.07) is 4.00. The molecule has 0 spiro atoms. The summed E-state index contributed by atoms with van der Waals surface area (Å²) in [5, 5.41) is 3.17. The van der Waals surface area contributed by atoms with Crippen molar-refractivity contribution in [2.24, 2.45) is 0 Å². The van der Waals surface area contributed by atoms with E-state index in [1.165, 1.54) is 0 Å². The molecule has 0 aromatic carbocycles. The lowest BCUT2D eigenvalue weighted by molar-refractivity contribution is 0.00382. The van der Waals surface area contributed by atoms with Gasteiger partial charge in [0.2, 0.25) is 0 Å². The molecule has 5 nitrogen and oxygen atoms in total. The summed E-state index contributed by atoms with van der Waals surface area (Å²) < 4.78 is 5.94. The van der Waals surface area contributed by atoms with Gasteiger partial charge in [-0.2, -0.15) is 0 Å². The predicted octanol–water partition coefficient (Wildman–Crippen LogP) is 3.35. The first-order chi connectivity index (χ1) is 11.1. The lowest BCUT2D eigenvalue weighted by atomic mass is 9.96. The van der Waals surface area contributed by atoms with Gasteiger partial charge < -0.3 is 15.0 Å². The van der Waals surface area contributed by atoms with Crippen LogP contribution >= 0.6 is 0 Å². The van der Waals surface area contributed by atoms with Crippen molar-refractivity contribution in [3.63, 3.8) is 0 Å². The van der Waals surface area contributed by atoms with E-state index in [1.54, 1.807) is 6.20 Å². The van der Waals surface area contributed by atoms with E-state index >= 15 is 0 Å². The van der Waals surface area contributed by atoms with Gasteiger partial charge in [0, 0.05) is 31.0 Å². The summed E-state index contributed by atoms with van der Waals surface area (Å²) >= 11 is 0. The molecule has 1 saturated heterocycles. The number of nitrogens with one attached hydrogen (secondary N) is 1. The van der Waals surface area contributed by atoms with E-state index in [1.807, 2.05) is 23.2 Å². The molecule has 2 heterocycles. The van der Waals surface area contributed by atoms with Gasteiger partial charge >= 0.3 is 6.03 Å². The second kappa shape index (κ2) is 8.29. The van der Waals surface area contributed by atoms with Crippen molar-refractivity contribution in [1.82, 2.24) is 15.2 Å². The first-order valence-corrected chi connectivity index (χ1v) is 8.64. The lowest BCUT2D eigenvalue weighted by Crippen LogP contribution is -2.53. The van der Waals surface area contributed by atoms with E-state index in [9.17, 15) is 4.79 Å². The minimum Gasteiger partial charge on any atom is -0.373 e. The first-order valence-electron chi connectivity index (χ1n) is 8.64. The fourth-order valence-electron chi connectivity index (χ4n) is 2.69. The van der Waals surface area contributed by atoms with Crippen LogP contribution in [0.1, 0.15) is 52.0 Å². The number of aromatic nitrogens is 1. The van der Waals surface area contributed by atoms with Crippen molar-refractivity contribution in [3.8, 4) is 0 Å². The highest BCUT2D eigenvalue weighted by atomic mass is 16.5. The van der Waals surface area contributed by atoms with Gasteiger partial charge in [-0.15, -0.1) is 0 Å². The number of ether oxygens (including phenoxy) is 1. The quantitative estimate of drug-likeness (QED) is 0.875. The molecule has 128 valence electrons. The molecule has 0 saturated carbocycles. The van der Waals surface area contributed by atoms with E-state index in [-0.39, 0.29) is 17.7 Å². The summed E-state index contributed by atoms with van der Waals surface area (Å²) in [5.41, 5.74) is 0.986. The van der Waals surface area contributed by atoms with E-state index in [2.05, 4.69) is 31.1 Å². The van der Waals surface area contributed by atoms with Crippen LogP contribution in [0.4, 0.5) is 4.79 Å². The SMILES string of the molecule is CCC(C)(CC)NC(=O)N1CCC(OCc2cccnc2)CC1. The zero-order valence-corrected chi connectivity index (χ0v) is 14.5. The number of piperidine rings is 1. The van der Waals surface area contributed by atoms with Gasteiger partial charge in [-0.3, -0.25) is 4.98 Å². The van der Waals surface area contributed by atoms with E-state index in [4.69, 9.17) is 4.74 Å². The van der Waals surface area contributed by atoms with Crippen molar-refractivity contribution < 1.29 is 9.53 Å². The number of hydrogen-bond donors (Lipinski definition) is 1. The Morgan fingerprint density at radius 1 is 1.39 bits per heavy atom. The number of carbonyl (C=O) groups excluding carboxylic acids is 1. The van der Waals surface area contributed by atoms with Gasteiger partial charge in [0.25, 0.3) is 0 Å². The van der Waals surface area contributed by atoms with E-state index < -0.39 is 0 Å². The van der Waals surface area contributed by atoms with Crippen molar-refractivity contribution in [2.45, 2.75) is 64.7 Å². The Balaban J connectivity index is 1.74. The zero-order valence-electron chi connectivity index (χ0n) is 14.5. The topological polar surface area (TPSA) is 54.5 Å². The number of nitrogens with zero attached hydrogens (tertiary/aromatic N) is 2. The maximum absolute atomic E-state index is 12.4. The molecule has 1 fully saturated rings. The molecule has 0 atom stereocenters. The smallest absolute Gasteiger partial charge is 0.317 e. The number of likely N-dealkylation sites (tertiary alicyclic amines) is 1. The highest BCUT2D eigenvalue weighted by molar-refractivity contribution is 5.75. The van der Waals surface area contributed by atoms with Crippen LogP contribution < -0.4 is 5.32 Å². The molecule has 0 radical (unpaired) electrons. The predicted molar refractivity (Wildman–Crippen MR) is 91.1 cm³/mol. The van der Waals surface area contributed by atoms with Gasteiger partial charge in [-0.1, -0.05) is 19.9 Å². The minimum atomic E-state index is -0.106. The Hall–Kier alpha value is -1.62. The Kier molecular flexibility index (Phi) is 6.39. The average molecular weight is 319 g/mol. The molecule has 1 aromatic heterocycles. The number of amides is 2. The fraction of sp³-hybridized carbons (Fsp3) is 0.667. The standard InChI is InChI=1S/C18H29N3O2/c1-4-18(3,5-2)20-17(22)21-11-8-16(9-12-21)23-14-15-7-6-10-19-13-15/h6-7,10,13,16H,4-5,8-9,11-12,14H2,1-3H3,(H,20,22). The fourth-order valence-corrected chi connectivity index (χ4v) is 2.69. The van der Waals surface area contributed by atoms with Gasteiger partial charge in [-0.05, 0) is 44.2 Å². The summed E-state index contributed by atoms with van der Waals surface area (Å²) in [7, 11) is 0. The van der Waals surface area contributed by atoms with Crippen LogP contribution in [-0.2, 0) is 11.3 Å². The van der Waals surface area contributed by atoms with Gasteiger partial charge in [0.15, 0.2) is 0 Å². The average Bonchev–Trinajstić information content (AvgIpc) is 2.61. The second-order valence-corrected chi connectivity index (χ2v) is 6.56. The van der Waals surface area contributed by atoms with Gasteiger partial charge in [-0.25, -0.2) is 4.79 Å². The summed E-state index contributed by atoms with van der Waals surface area (Å²) in [5.74, 6) is 0. The maximum Gasteiger partial charge on any atom is 0.317 e. The highest BCUT2D eigenvalue weighted by Crippen LogP contribution is 2.18. The molecule has 0 unspecified atom stereocenters. The van der Waals surface area contributed by atoms with Gasteiger partial charge in [0.05, 0.1) is 12.7 Å². The number of hydrogen-bond acceptors (Lipinski definition) is 3. The second-order valence-electron chi connectivity index (χ2n) is 6.56. The molecule has 0 bridgehead atoms. The first kappa shape index (κ1) is 17.7. The number of pyridine rings is 1. The molecule has 2 rings (SSSR count). The third-order valence-electron chi connectivity index (χ3n) is 4.91. The Morgan fingerprint density at radius 2 is 2.09 bits per heavy atom. The highest BCUT2D eigenvalue weighted by Gasteiger charge is 2.28. The third kappa shape index (κ3) is 5.20. The molecular weight excluding hydrogens is 290 g/mol. The minimum absolute atomic E-state index is 0.0573. The molecule has 23 heavy (non-hydrogen) atoms. The van der Waals surface area contributed by atoms with Crippen LogP contribution in [0.2, 0.25) is 0 Å². The van der Waals surface area contributed by atoms with Gasteiger partial charge in [0.1, 0.15) is 0 Å². The van der Waals surface area contributed by atoms with Crippen molar-refractivity contribution in [3.05, 3.63) is 30.1 Å². The Morgan fingerprint density at radius 3 is 2.65 bits per heavy atom. The Bertz CT molecular complexity index is 480. The van der Waals surface area contributed by atoms with E-state index in [0.29, 0.717) is 6.61 Å². The van der Waals surface area contributed by atoms with Crippen LogP contribution in [0.3, 0.4) is 0 Å². The largest absolute Gasteiger partial charge is 0.373 e. The number of urea groups is 1. The molecule has 0 aliphatic carbocycles. The molecule has 1 aromatic rings. The van der Waals surface area contributed by atoms with Crippen molar-refractivity contribution in [2.75, 3.05) is 13.1 Å². The van der Waals surface area contributed by atoms with E-state index in [0.717, 1.165) is 44.3 Å². The summed E-state index contributed by atoms with van der Waals surface area (Å²) in [4.78, 5) is 18.4. The number of carbonyl (C=O) groups is 1. The monoisotopic (exact) mass is 319 g/mol. The molecule has 1 N–H and O–H groups in total. The number of rotatable bonds is 6. The third-order valence-corrected chi connectivity index (χ3v) is 4.91. The van der Waals surface area contributed by atoms with Crippen molar-refractivity contribution >= 4 is 6.03 Å². The maximum atomic E-state index is 12.4. The van der Waals surface area contributed by atoms with Crippen LogP contribution in [0, 0.1) is 0 Å². The molecular formula is C18H29N3O2. The van der Waals surface area contributed by atoms with Crippen LogP contribution in [0.15, 0.2) is 24.5 Å². The van der Waals surface area contributed by atoms with Crippen LogP contribution in [0.5, 0.6) is 0 Å². The summed E-state index contributed by atoms with van der Waals surface area (Å²) in [6.45, 7) is 8.44. The Labute approximate surface area is 139 Å². The van der Waals surface area contributed by atoms with Crippen LogP contribution in [0.25, 0.3) is 0 Å². The molecule has 5 heteroatoms. The molecule has 2 amide bonds.